The molecule has 6 nitrogen and oxygen atoms in total. The van der Waals surface area contributed by atoms with E-state index in [4.69, 9.17) is 0 Å². The third kappa shape index (κ3) is 6.88. The van der Waals surface area contributed by atoms with Gasteiger partial charge in [-0.3, -0.25) is 9.69 Å². The van der Waals surface area contributed by atoms with Gasteiger partial charge in [-0.15, -0.1) is 0 Å². The molecule has 3 rings (SSSR count). The van der Waals surface area contributed by atoms with E-state index in [0.29, 0.717) is 25.9 Å². The predicted octanol–water partition coefficient (Wildman–Crippen LogP) is 4.47. The monoisotopic (exact) mass is 521 g/mol. The summed E-state index contributed by atoms with van der Waals surface area (Å²) < 4.78 is 28.0. The summed E-state index contributed by atoms with van der Waals surface area (Å²) in [4.78, 5) is 15.1. The van der Waals surface area contributed by atoms with Crippen LogP contribution in [0.3, 0.4) is 0 Å². The summed E-state index contributed by atoms with van der Waals surface area (Å²) in [5, 5.41) is 2.99. The number of carbonyl (C=O) groups is 1. The molecule has 0 atom stereocenters. The van der Waals surface area contributed by atoms with E-state index >= 15 is 0 Å². The zero-order valence-corrected chi connectivity index (χ0v) is 21.2. The van der Waals surface area contributed by atoms with E-state index in [9.17, 15) is 13.2 Å². The van der Waals surface area contributed by atoms with Gasteiger partial charge in [-0.05, 0) is 61.3 Å². The molecule has 8 heteroatoms. The van der Waals surface area contributed by atoms with Crippen LogP contribution in [0.25, 0.3) is 0 Å². The third-order valence-electron chi connectivity index (χ3n) is 5.98. The second-order valence-corrected chi connectivity index (χ2v) is 11.1. The number of sulfonamides is 1. The zero-order chi connectivity index (χ0) is 23.1. The van der Waals surface area contributed by atoms with Gasteiger partial charge < -0.3 is 5.32 Å². The molecule has 1 aliphatic heterocycles. The molecule has 0 unspecified atom stereocenters. The number of halogens is 1. The Morgan fingerprint density at radius 1 is 1.06 bits per heavy atom. The topological polar surface area (TPSA) is 69.7 Å². The minimum absolute atomic E-state index is 0.0247. The maximum absolute atomic E-state index is 12.8. The van der Waals surface area contributed by atoms with E-state index in [1.54, 1.807) is 0 Å². The van der Waals surface area contributed by atoms with Crippen LogP contribution in [-0.4, -0.2) is 49.7 Å². The quantitative estimate of drug-likeness (QED) is 0.528. The summed E-state index contributed by atoms with van der Waals surface area (Å²) in [6.07, 6.45) is 1.06. The average Bonchev–Trinajstić information content (AvgIpc) is 2.78. The van der Waals surface area contributed by atoms with Crippen molar-refractivity contribution in [3.63, 3.8) is 0 Å². The lowest BCUT2D eigenvalue weighted by molar-refractivity contribution is -0.120. The zero-order valence-electron chi connectivity index (χ0n) is 18.8. The van der Waals surface area contributed by atoms with Gasteiger partial charge in [0.1, 0.15) is 0 Å². The fourth-order valence-electron chi connectivity index (χ4n) is 3.97. The van der Waals surface area contributed by atoms with Crippen molar-refractivity contribution in [1.82, 2.24) is 9.21 Å². The van der Waals surface area contributed by atoms with Gasteiger partial charge in [0.05, 0.1) is 5.75 Å². The fourth-order valence-corrected chi connectivity index (χ4v) is 5.97. The molecule has 0 spiro atoms. The number of amides is 1. The van der Waals surface area contributed by atoms with Gasteiger partial charge in [0, 0.05) is 35.7 Å². The molecule has 1 heterocycles. The van der Waals surface area contributed by atoms with Crippen LogP contribution in [0.4, 0.5) is 5.69 Å². The van der Waals surface area contributed by atoms with E-state index in [0.717, 1.165) is 35.4 Å². The molecule has 2 aromatic carbocycles. The Morgan fingerprint density at radius 3 is 2.31 bits per heavy atom. The van der Waals surface area contributed by atoms with Crippen LogP contribution in [0.15, 0.2) is 53.0 Å². The fraction of sp³-hybridized carbons (Fsp3) is 0.458. The van der Waals surface area contributed by atoms with Gasteiger partial charge in [-0.1, -0.05) is 54.0 Å². The highest BCUT2D eigenvalue weighted by atomic mass is 79.9. The number of nitrogens with zero attached hydrogens (tertiary/aromatic N) is 2. The second-order valence-electron chi connectivity index (χ2n) is 8.21. The molecule has 1 saturated heterocycles. The molecule has 174 valence electrons. The van der Waals surface area contributed by atoms with E-state index in [2.05, 4.69) is 40.0 Å². The lowest BCUT2D eigenvalue weighted by atomic mass is 9.97. The molecular formula is C24H32BrN3O3S. The van der Waals surface area contributed by atoms with Crippen molar-refractivity contribution in [3.05, 3.63) is 64.1 Å². The van der Waals surface area contributed by atoms with Crippen molar-refractivity contribution in [2.75, 3.05) is 31.5 Å². The van der Waals surface area contributed by atoms with Gasteiger partial charge >= 0.3 is 0 Å². The molecule has 1 N–H and O–H groups in total. The Kier molecular flexibility index (Phi) is 8.87. The molecule has 1 amide bonds. The molecular weight excluding hydrogens is 490 g/mol. The number of hydrogen-bond donors (Lipinski definition) is 1. The molecule has 0 bridgehead atoms. The molecule has 1 aliphatic rings. The first kappa shape index (κ1) is 24.9. The van der Waals surface area contributed by atoms with Gasteiger partial charge in [0.2, 0.25) is 15.9 Å². The van der Waals surface area contributed by atoms with Crippen molar-refractivity contribution in [2.45, 2.75) is 39.0 Å². The smallest absolute Gasteiger partial charge is 0.227 e. The largest absolute Gasteiger partial charge is 0.326 e. The number of piperidine rings is 1. The number of anilines is 1. The molecule has 2 aromatic rings. The van der Waals surface area contributed by atoms with Crippen molar-refractivity contribution in [2.24, 2.45) is 5.92 Å². The SMILES string of the molecule is CCN(CC)Cc1ccc(NC(=O)C2CCN(S(=O)(=O)Cc3cccc(Br)c3)CC2)cc1. The normalized spacial score (nSPS) is 15.8. The summed E-state index contributed by atoms with van der Waals surface area (Å²) in [6.45, 7) is 7.95. The highest BCUT2D eigenvalue weighted by Gasteiger charge is 2.31. The standard InChI is InChI=1S/C24H32BrN3O3S/c1-3-27(4-2)17-19-8-10-23(11-9-19)26-24(29)21-12-14-28(15-13-21)32(30,31)18-20-6-5-7-22(25)16-20/h5-11,16,21H,3-4,12-15,17-18H2,1-2H3,(H,26,29). The van der Waals surface area contributed by atoms with E-state index in [-0.39, 0.29) is 17.6 Å². The van der Waals surface area contributed by atoms with Crippen LogP contribution < -0.4 is 5.32 Å². The molecule has 0 aliphatic carbocycles. The summed E-state index contributed by atoms with van der Waals surface area (Å²) in [7, 11) is -3.40. The average molecular weight is 523 g/mol. The van der Waals surface area contributed by atoms with Crippen LogP contribution >= 0.6 is 15.9 Å². The number of carbonyl (C=O) groups excluding carboxylic acids is 1. The van der Waals surface area contributed by atoms with E-state index < -0.39 is 10.0 Å². The first-order valence-electron chi connectivity index (χ1n) is 11.1. The van der Waals surface area contributed by atoms with Gasteiger partial charge in [-0.25, -0.2) is 12.7 Å². The number of nitrogens with one attached hydrogen (secondary N) is 1. The Bertz CT molecular complexity index is 999. The van der Waals surface area contributed by atoms with Crippen molar-refractivity contribution in [3.8, 4) is 0 Å². The Balaban J connectivity index is 1.51. The Morgan fingerprint density at radius 2 is 1.72 bits per heavy atom. The number of hydrogen-bond acceptors (Lipinski definition) is 4. The van der Waals surface area contributed by atoms with Crippen LogP contribution in [0.1, 0.15) is 37.8 Å². The molecule has 0 radical (unpaired) electrons. The lowest BCUT2D eigenvalue weighted by Gasteiger charge is -2.30. The maximum atomic E-state index is 12.8. The number of benzene rings is 2. The molecule has 0 saturated carbocycles. The van der Waals surface area contributed by atoms with E-state index in [1.165, 1.54) is 9.87 Å². The van der Waals surface area contributed by atoms with Gasteiger partial charge in [-0.2, -0.15) is 0 Å². The minimum atomic E-state index is -3.40. The van der Waals surface area contributed by atoms with Crippen LogP contribution in [-0.2, 0) is 27.1 Å². The predicted molar refractivity (Wildman–Crippen MR) is 133 cm³/mol. The number of rotatable bonds is 9. The van der Waals surface area contributed by atoms with Crippen molar-refractivity contribution >= 4 is 37.5 Å². The van der Waals surface area contributed by atoms with Crippen LogP contribution in [0.5, 0.6) is 0 Å². The molecule has 0 aromatic heterocycles. The lowest BCUT2D eigenvalue weighted by Crippen LogP contribution is -2.41. The third-order valence-corrected chi connectivity index (χ3v) is 8.32. The first-order chi connectivity index (χ1) is 15.3. The van der Waals surface area contributed by atoms with Crippen LogP contribution in [0.2, 0.25) is 0 Å². The minimum Gasteiger partial charge on any atom is -0.326 e. The summed E-state index contributed by atoms with van der Waals surface area (Å²) >= 11 is 3.38. The highest BCUT2D eigenvalue weighted by Crippen LogP contribution is 2.24. The Labute approximate surface area is 200 Å². The van der Waals surface area contributed by atoms with E-state index in [1.807, 2.05) is 48.5 Å². The van der Waals surface area contributed by atoms with Gasteiger partial charge in [0.25, 0.3) is 0 Å². The maximum Gasteiger partial charge on any atom is 0.227 e. The van der Waals surface area contributed by atoms with Crippen LogP contribution in [0, 0.1) is 5.92 Å². The summed E-state index contributed by atoms with van der Waals surface area (Å²) in [5.74, 6) is -0.239. The molecule has 32 heavy (non-hydrogen) atoms. The van der Waals surface area contributed by atoms with Gasteiger partial charge in [0.15, 0.2) is 0 Å². The summed E-state index contributed by atoms with van der Waals surface area (Å²) in [6, 6.07) is 15.3. The van der Waals surface area contributed by atoms with Crippen molar-refractivity contribution in [1.29, 1.82) is 0 Å². The summed E-state index contributed by atoms with van der Waals surface area (Å²) in [5.41, 5.74) is 2.75. The second kappa shape index (κ2) is 11.4. The highest BCUT2D eigenvalue weighted by molar-refractivity contribution is 9.10. The Hall–Kier alpha value is -1.74. The van der Waals surface area contributed by atoms with Crippen molar-refractivity contribution < 1.29 is 13.2 Å². The molecule has 1 fully saturated rings. The first-order valence-corrected chi connectivity index (χ1v) is 13.6.